The highest BCUT2D eigenvalue weighted by Crippen LogP contribution is 2.27. The predicted molar refractivity (Wildman–Crippen MR) is 93.6 cm³/mol. The summed E-state index contributed by atoms with van der Waals surface area (Å²) in [6.07, 6.45) is 0.598. The van der Waals surface area contributed by atoms with Crippen LogP contribution in [0, 0.1) is 5.92 Å². The molecular weight excluding hydrogens is 322 g/mol. The Balaban J connectivity index is 1.63. The van der Waals surface area contributed by atoms with Gasteiger partial charge < -0.3 is 19.8 Å². The highest BCUT2D eigenvalue weighted by molar-refractivity contribution is 5.99. The van der Waals surface area contributed by atoms with Crippen LogP contribution in [0.4, 0.5) is 11.4 Å². The molecule has 134 valence electrons. The van der Waals surface area contributed by atoms with Crippen molar-refractivity contribution in [3.63, 3.8) is 0 Å². The summed E-state index contributed by atoms with van der Waals surface area (Å²) in [5.74, 6) is -1.51. The molecule has 0 radical (unpaired) electrons. The van der Waals surface area contributed by atoms with Crippen LogP contribution in [0.15, 0.2) is 24.3 Å². The lowest BCUT2D eigenvalue weighted by Gasteiger charge is -2.36. The van der Waals surface area contributed by atoms with Crippen molar-refractivity contribution in [2.24, 2.45) is 5.92 Å². The summed E-state index contributed by atoms with van der Waals surface area (Å²) in [5.41, 5.74) is 1.78. The molecule has 1 N–H and O–H groups in total. The van der Waals surface area contributed by atoms with Crippen LogP contribution >= 0.6 is 0 Å². The largest absolute Gasteiger partial charge is 0.481 e. The van der Waals surface area contributed by atoms with E-state index >= 15 is 0 Å². The lowest BCUT2D eigenvalue weighted by molar-refractivity contribution is -0.141. The SMILES string of the molecule is CCC(=O)N1CCN(c2ccc(N3CC(C(=O)O)CC3=O)cc2)CC1. The maximum Gasteiger partial charge on any atom is 0.308 e. The standard InChI is InChI=1S/C18H23N3O4/c1-2-16(22)20-9-7-19(8-10-20)14-3-5-15(6-4-14)21-12-13(18(24)25)11-17(21)23/h3-6,13H,2,7-12H2,1H3,(H,24,25). The average Bonchev–Trinajstić information content (AvgIpc) is 3.03. The van der Waals surface area contributed by atoms with Crippen LogP contribution in [-0.4, -0.2) is 60.5 Å². The number of carboxylic acids is 1. The third-order valence-corrected chi connectivity index (χ3v) is 4.94. The third-order valence-electron chi connectivity index (χ3n) is 4.94. The van der Waals surface area contributed by atoms with Crippen molar-refractivity contribution in [2.45, 2.75) is 19.8 Å². The van der Waals surface area contributed by atoms with Crippen LogP contribution in [0.25, 0.3) is 0 Å². The molecule has 1 atom stereocenters. The van der Waals surface area contributed by atoms with Gasteiger partial charge in [0.2, 0.25) is 11.8 Å². The second-order valence-electron chi connectivity index (χ2n) is 6.48. The van der Waals surface area contributed by atoms with E-state index in [1.165, 1.54) is 0 Å². The van der Waals surface area contributed by atoms with Crippen LogP contribution in [0.3, 0.4) is 0 Å². The van der Waals surface area contributed by atoms with Gasteiger partial charge in [0.15, 0.2) is 0 Å². The van der Waals surface area contributed by atoms with Gasteiger partial charge in [-0.05, 0) is 24.3 Å². The summed E-state index contributed by atoms with van der Waals surface area (Å²) in [7, 11) is 0. The first-order valence-electron chi connectivity index (χ1n) is 8.65. The Morgan fingerprint density at radius 2 is 1.68 bits per heavy atom. The Morgan fingerprint density at radius 3 is 2.20 bits per heavy atom. The Hall–Kier alpha value is -2.57. The molecule has 1 aromatic rings. The molecule has 1 aromatic carbocycles. The topological polar surface area (TPSA) is 81.2 Å². The number of anilines is 2. The molecule has 7 heteroatoms. The number of piperazine rings is 1. The van der Waals surface area contributed by atoms with Gasteiger partial charge in [-0.3, -0.25) is 14.4 Å². The highest BCUT2D eigenvalue weighted by Gasteiger charge is 2.35. The van der Waals surface area contributed by atoms with E-state index in [9.17, 15) is 14.4 Å². The van der Waals surface area contributed by atoms with Gasteiger partial charge in [-0.25, -0.2) is 0 Å². The van der Waals surface area contributed by atoms with Crippen LogP contribution in [0.2, 0.25) is 0 Å². The number of hydrogen-bond donors (Lipinski definition) is 1. The quantitative estimate of drug-likeness (QED) is 0.886. The number of aliphatic carboxylic acids is 1. The van der Waals surface area contributed by atoms with Crippen LogP contribution in [-0.2, 0) is 14.4 Å². The number of carboxylic acid groups (broad SMARTS) is 1. The molecule has 2 saturated heterocycles. The molecule has 2 aliphatic heterocycles. The molecule has 7 nitrogen and oxygen atoms in total. The lowest BCUT2D eigenvalue weighted by atomic mass is 10.1. The predicted octanol–water partition coefficient (Wildman–Crippen LogP) is 1.18. The van der Waals surface area contributed by atoms with Gasteiger partial charge in [0.05, 0.1) is 5.92 Å². The Kier molecular flexibility index (Phi) is 4.92. The molecule has 2 fully saturated rings. The van der Waals surface area contributed by atoms with Crippen LogP contribution in [0.1, 0.15) is 19.8 Å². The van der Waals surface area contributed by atoms with E-state index in [1.807, 2.05) is 36.1 Å². The van der Waals surface area contributed by atoms with Crippen molar-refractivity contribution in [1.29, 1.82) is 0 Å². The summed E-state index contributed by atoms with van der Waals surface area (Å²) >= 11 is 0. The molecule has 1 unspecified atom stereocenters. The molecule has 2 heterocycles. The average molecular weight is 345 g/mol. The fourth-order valence-electron chi connectivity index (χ4n) is 3.40. The molecule has 2 aliphatic rings. The van der Waals surface area contributed by atoms with Gasteiger partial charge in [-0.1, -0.05) is 6.92 Å². The summed E-state index contributed by atoms with van der Waals surface area (Å²) in [6, 6.07) is 7.63. The smallest absolute Gasteiger partial charge is 0.308 e. The second-order valence-corrected chi connectivity index (χ2v) is 6.48. The number of hydrogen-bond acceptors (Lipinski definition) is 4. The molecule has 0 aromatic heterocycles. The van der Waals surface area contributed by atoms with Crippen molar-refractivity contribution in [1.82, 2.24) is 4.90 Å². The second kappa shape index (κ2) is 7.13. The zero-order valence-corrected chi connectivity index (χ0v) is 14.4. The van der Waals surface area contributed by atoms with E-state index in [-0.39, 0.29) is 24.8 Å². The zero-order valence-electron chi connectivity index (χ0n) is 14.4. The van der Waals surface area contributed by atoms with E-state index in [1.54, 1.807) is 4.90 Å². The summed E-state index contributed by atoms with van der Waals surface area (Å²) in [6.45, 7) is 5.12. The van der Waals surface area contributed by atoms with E-state index in [2.05, 4.69) is 4.90 Å². The van der Waals surface area contributed by atoms with Gasteiger partial charge in [0, 0.05) is 56.9 Å². The molecule has 3 rings (SSSR count). The molecule has 0 bridgehead atoms. The zero-order chi connectivity index (χ0) is 18.0. The Bertz CT molecular complexity index is 665. The number of benzene rings is 1. The number of nitrogens with zero attached hydrogens (tertiary/aromatic N) is 3. The normalized spacial score (nSPS) is 20.9. The number of rotatable bonds is 4. The number of amides is 2. The van der Waals surface area contributed by atoms with Gasteiger partial charge in [-0.15, -0.1) is 0 Å². The first-order chi connectivity index (χ1) is 12.0. The van der Waals surface area contributed by atoms with Crippen molar-refractivity contribution >= 4 is 29.2 Å². The molecule has 2 amide bonds. The van der Waals surface area contributed by atoms with Crippen molar-refractivity contribution in [3.8, 4) is 0 Å². The minimum absolute atomic E-state index is 0.0600. The molecule has 0 spiro atoms. The highest BCUT2D eigenvalue weighted by atomic mass is 16.4. The maximum absolute atomic E-state index is 12.0. The van der Waals surface area contributed by atoms with E-state index in [4.69, 9.17) is 5.11 Å². The van der Waals surface area contributed by atoms with Gasteiger partial charge in [0.1, 0.15) is 0 Å². The van der Waals surface area contributed by atoms with Crippen molar-refractivity contribution in [2.75, 3.05) is 42.5 Å². The summed E-state index contributed by atoms with van der Waals surface area (Å²) in [5, 5.41) is 9.07. The van der Waals surface area contributed by atoms with Crippen LogP contribution < -0.4 is 9.80 Å². The third kappa shape index (κ3) is 3.60. The summed E-state index contributed by atoms with van der Waals surface area (Å²) < 4.78 is 0. The van der Waals surface area contributed by atoms with Crippen LogP contribution in [0.5, 0.6) is 0 Å². The minimum atomic E-state index is -0.924. The molecular formula is C18H23N3O4. The van der Waals surface area contributed by atoms with Crippen molar-refractivity contribution < 1.29 is 19.5 Å². The van der Waals surface area contributed by atoms with Crippen molar-refractivity contribution in [3.05, 3.63) is 24.3 Å². The minimum Gasteiger partial charge on any atom is -0.481 e. The van der Waals surface area contributed by atoms with E-state index in [0.29, 0.717) is 6.42 Å². The first-order valence-corrected chi connectivity index (χ1v) is 8.65. The monoisotopic (exact) mass is 345 g/mol. The Morgan fingerprint density at radius 1 is 1.08 bits per heavy atom. The van der Waals surface area contributed by atoms with Gasteiger partial charge in [-0.2, -0.15) is 0 Å². The Labute approximate surface area is 146 Å². The molecule has 0 aliphatic carbocycles. The van der Waals surface area contributed by atoms with Gasteiger partial charge >= 0.3 is 5.97 Å². The molecule has 25 heavy (non-hydrogen) atoms. The number of carbonyl (C=O) groups excluding carboxylic acids is 2. The van der Waals surface area contributed by atoms with Gasteiger partial charge in [0.25, 0.3) is 0 Å². The lowest BCUT2D eigenvalue weighted by Crippen LogP contribution is -2.48. The fraction of sp³-hybridized carbons (Fsp3) is 0.500. The number of carbonyl (C=O) groups is 3. The summed E-state index contributed by atoms with van der Waals surface area (Å²) in [4.78, 5) is 40.5. The van der Waals surface area contributed by atoms with E-state index < -0.39 is 11.9 Å². The van der Waals surface area contributed by atoms with E-state index in [0.717, 1.165) is 37.6 Å². The fourth-order valence-corrected chi connectivity index (χ4v) is 3.40. The first kappa shape index (κ1) is 17.3. The molecule has 0 saturated carbocycles. The maximum atomic E-state index is 12.0.